The molecule has 4 nitrogen and oxygen atoms in total. The maximum Gasteiger partial charge on any atom is 0.255 e. The van der Waals surface area contributed by atoms with Gasteiger partial charge in [-0.05, 0) is 55.3 Å². The fourth-order valence-electron chi connectivity index (χ4n) is 2.78. The molecule has 0 aromatic heterocycles. The summed E-state index contributed by atoms with van der Waals surface area (Å²) in [4.78, 5) is 12.7. The van der Waals surface area contributed by atoms with Crippen molar-refractivity contribution in [3.8, 4) is 11.5 Å². The average molecular weight is 410 g/mol. The molecule has 0 spiro atoms. The van der Waals surface area contributed by atoms with Crippen LogP contribution in [-0.4, -0.2) is 12.0 Å². The van der Waals surface area contributed by atoms with Crippen LogP contribution in [0.25, 0.3) is 0 Å². The SMILES string of the molecule is CC(C)Oc1ccc(CNC(=O)c2cc(Cl)ccc2OCc2ccccc2)cc1. The third kappa shape index (κ3) is 6.26. The first-order valence-corrected chi connectivity index (χ1v) is 9.89. The molecular weight excluding hydrogens is 386 g/mol. The Bertz CT molecular complexity index is 940. The largest absolute Gasteiger partial charge is 0.491 e. The molecule has 0 fully saturated rings. The summed E-state index contributed by atoms with van der Waals surface area (Å²) in [6.07, 6.45) is 0.123. The van der Waals surface area contributed by atoms with Gasteiger partial charge in [0.25, 0.3) is 5.91 Å². The Morgan fingerprint density at radius 2 is 1.69 bits per heavy atom. The maximum atomic E-state index is 12.7. The fourth-order valence-corrected chi connectivity index (χ4v) is 2.95. The molecule has 5 heteroatoms. The lowest BCUT2D eigenvalue weighted by atomic mass is 10.1. The van der Waals surface area contributed by atoms with Gasteiger partial charge in [0.2, 0.25) is 0 Å². The molecule has 150 valence electrons. The van der Waals surface area contributed by atoms with Crippen molar-refractivity contribution in [2.45, 2.75) is 33.1 Å². The molecule has 3 rings (SSSR count). The van der Waals surface area contributed by atoms with Crippen molar-refractivity contribution in [2.24, 2.45) is 0 Å². The van der Waals surface area contributed by atoms with E-state index in [9.17, 15) is 4.79 Å². The Morgan fingerprint density at radius 1 is 0.966 bits per heavy atom. The van der Waals surface area contributed by atoms with Gasteiger partial charge < -0.3 is 14.8 Å². The Balaban J connectivity index is 1.64. The highest BCUT2D eigenvalue weighted by molar-refractivity contribution is 6.31. The topological polar surface area (TPSA) is 47.6 Å². The number of nitrogens with one attached hydrogen (secondary N) is 1. The number of hydrogen-bond acceptors (Lipinski definition) is 3. The van der Waals surface area contributed by atoms with Gasteiger partial charge in [-0.1, -0.05) is 54.1 Å². The van der Waals surface area contributed by atoms with E-state index in [1.807, 2.05) is 68.4 Å². The van der Waals surface area contributed by atoms with E-state index in [4.69, 9.17) is 21.1 Å². The first kappa shape index (κ1) is 20.7. The van der Waals surface area contributed by atoms with E-state index in [-0.39, 0.29) is 12.0 Å². The zero-order chi connectivity index (χ0) is 20.6. The molecule has 3 aromatic carbocycles. The van der Waals surface area contributed by atoms with Crippen molar-refractivity contribution in [1.82, 2.24) is 5.32 Å². The maximum absolute atomic E-state index is 12.7. The van der Waals surface area contributed by atoms with Gasteiger partial charge in [-0.25, -0.2) is 0 Å². The minimum Gasteiger partial charge on any atom is -0.491 e. The summed E-state index contributed by atoms with van der Waals surface area (Å²) in [6.45, 7) is 4.73. The normalized spacial score (nSPS) is 10.6. The molecule has 0 bridgehead atoms. The van der Waals surface area contributed by atoms with Crippen LogP contribution in [0, 0.1) is 0 Å². The quantitative estimate of drug-likeness (QED) is 0.524. The number of rotatable bonds is 8. The second-order valence-electron chi connectivity index (χ2n) is 6.91. The smallest absolute Gasteiger partial charge is 0.255 e. The van der Waals surface area contributed by atoms with E-state index >= 15 is 0 Å². The summed E-state index contributed by atoms with van der Waals surface area (Å²) in [6, 6.07) is 22.5. The van der Waals surface area contributed by atoms with E-state index in [1.54, 1.807) is 18.2 Å². The molecule has 0 unspecified atom stereocenters. The van der Waals surface area contributed by atoms with E-state index in [0.29, 0.717) is 29.5 Å². The third-order valence-corrected chi connectivity index (χ3v) is 4.41. The van der Waals surface area contributed by atoms with Crippen molar-refractivity contribution < 1.29 is 14.3 Å². The van der Waals surface area contributed by atoms with Gasteiger partial charge in [0.1, 0.15) is 18.1 Å². The van der Waals surface area contributed by atoms with Crippen LogP contribution >= 0.6 is 11.6 Å². The molecule has 0 aliphatic heterocycles. The number of amides is 1. The molecule has 1 amide bonds. The number of benzene rings is 3. The summed E-state index contributed by atoms with van der Waals surface area (Å²) in [7, 11) is 0. The van der Waals surface area contributed by atoms with E-state index in [0.717, 1.165) is 16.9 Å². The lowest BCUT2D eigenvalue weighted by molar-refractivity contribution is 0.0946. The number of hydrogen-bond donors (Lipinski definition) is 1. The molecule has 29 heavy (non-hydrogen) atoms. The highest BCUT2D eigenvalue weighted by atomic mass is 35.5. The van der Waals surface area contributed by atoms with E-state index in [1.165, 1.54) is 0 Å². The van der Waals surface area contributed by atoms with Crippen LogP contribution in [0.2, 0.25) is 5.02 Å². The van der Waals surface area contributed by atoms with Gasteiger partial charge in [-0.3, -0.25) is 4.79 Å². The summed E-state index contributed by atoms with van der Waals surface area (Å²) >= 11 is 6.10. The lowest BCUT2D eigenvalue weighted by Crippen LogP contribution is -2.23. The summed E-state index contributed by atoms with van der Waals surface area (Å²) in [5, 5.41) is 3.41. The Labute approximate surface area is 176 Å². The average Bonchev–Trinajstić information content (AvgIpc) is 2.72. The van der Waals surface area contributed by atoms with Crippen LogP contribution in [0.3, 0.4) is 0 Å². The molecule has 0 radical (unpaired) electrons. The van der Waals surface area contributed by atoms with Crippen molar-refractivity contribution in [2.75, 3.05) is 0 Å². The van der Waals surface area contributed by atoms with Crippen LogP contribution in [0.1, 0.15) is 35.3 Å². The number of ether oxygens (including phenoxy) is 2. The molecule has 3 aromatic rings. The standard InChI is InChI=1S/C24H24ClNO3/c1-17(2)29-21-11-8-18(9-12-21)15-26-24(27)22-14-20(25)10-13-23(22)28-16-19-6-4-3-5-7-19/h3-14,17H,15-16H2,1-2H3,(H,26,27). The Kier molecular flexibility index (Phi) is 7.14. The van der Waals surface area contributed by atoms with Gasteiger partial charge in [-0.2, -0.15) is 0 Å². The van der Waals surface area contributed by atoms with E-state index in [2.05, 4.69) is 5.32 Å². The summed E-state index contributed by atoms with van der Waals surface area (Å²) < 4.78 is 11.5. The molecule has 0 aliphatic carbocycles. The van der Waals surface area contributed by atoms with Crippen LogP contribution in [0.5, 0.6) is 11.5 Å². The second-order valence-corrected chi connectivity index (χ2v) is 7.34. The van der Waals surface area contributed by atoms with Crippen molar-refractivity contribution in [3.63, 3.8) is 0 Å². The van der Waals surface area contributed by atoms with Crippen LogP contribution in [-0.2, 0) is 13.2 Å². The number of halogens is 1. The summed E-state index contributed by atoms with van der Waals surface area (Å²) in [5.74, 6) is 1.07. The molecular formula is C24H24ClNO3. The Morgan fingerprint density at radius 3 is 2.38 bits per heavy atom. The molecule has 0 heterocycles. The third-order valence-electron chi connectivity index (χ3n) is 4.17. The first-order chi connectivity index (χ1) is 14.0. The monoisotopic (exact) mass is 409 g/mol. The predicted molar refractivity (Wildman–Crippen MR) is 116 cm³/mol. The molecule has 0 saturated heterocycles. The molecule has 0 saturated carbocycles. The lowest BCUT2D eigenvalue weighted by Gasteiger charge is -2.13. The zero-order valence-corrected chi connectivity index (χ0v) is 17.3. The Hall–Kier alpha value is -2.98. The number of carbonyl (C=O) groups is 1. The fraction of sp³-hybridized carbons (Fsp3) is 0.208. The van der Waals surface area contributed by atoms with Crippen molar-refractivity contribution in [1.29, 1.82) is 0 Å². The van der Waals surface area contributed by atoms with Gasteiger partial charge in [-0.15, -0.1) is 0 Å². The van der Waals surface area contributed by atoms with E-state index < -0.39 is 0 Å². The van der Waals surface area contributed by atoms with Crippen molar-refractivity contribution >= 4 is 17.5 Å². The van der Waals surface area contributed by atoms with Crippen LogP contribution < -0.4 is 14.8 Å². The van der Waals surface area contributed by atoms with Gasteiger partial charge in [0.05, 0.1) is 11.7 Å². The highest BCUT2D eigenvalue weighted by Gasteiger charge is 2.14. The molecule has 1 N–H and O–H groups in total. The molecule has 0 aliphatic rings. The second kappa shape index (κ2) is 9.99. The van der Waals surface area contributed by atoms with Crippen molar-refractivity contribution in [3.05, 3.63) is 94.5 Å². The van der Waals surface area contributed by atoms with Crippen LogP contribution in [0.15, 0.2) is 72.8 Å². The number of carbonyl (C=O) groups excluding carboxylic acids is 1. The highest BCUT2D eigenvalue weighted by Crippen LogP contribution is 2.24. The van der Waals surface area contributed by atoms with Gasteiger partial charge in [0, 0.05) is 11.6 Å². The zero-order valence-electron chi connectivity index (χ0n) is 16.5. The minimum absolute atomic E-state index is 0.123. The van der Waals surface area contributed by atoms with Gasteiger partial charge in [0.15, 0.2) is 0 Å². The van der Waals surface area contributed by atoms with Crippen LogP contribution in [0.4, 0.5) is 0 Å². The predicted octanol–water partition coefficient (Wildman–Crippen LogP) is 5.64. The molecule has 0 atom stereocenters. The first-order valence-electron chi connectivity index (χ1n) is 9.51. The minimum atomic E-state index is -0.238. The summed E-state index contributed by atoms with van der Waals surface area (Å²) in [5.41, 5.74) is 2.41. The van der Waals surface area contributed by atoms with Gasteiger partial charge >= 0.3 is 0 Å².